The molecule has 2 saturated carbocycles. The van der Waals surface area contributed by atoms with Crippen LogP contribution in [0.4, 0.5) is 5.69 Å². The third kappa shape index (κ3) is 4.61. The van der Waals surface area contributed by atoms with Crippen molar-refractivity contribution >= 4 is 11.6 Å². The van der Waals surface area contributed by atoms with Gasteiger partial charge >= 0.3 is 0 Å². The van der Waals surface area contributed by atoms with Gasteiger partial charge in [0.2, 0.25) is 5.91 Å². The van der Waals surface area contributed by atoms with Crippen molar-refractivity contribution in [1.82, 2.24) is 0 Å². The Labute approximate surface area is 163 Å². The first-order valence-corrected chi connectivity index (χ1v) is 10.7. The van der Waals surface area contributed by atoms with Gasteiger partial charge in [0.05, 0.1) is 5.92 Å². The van der Waals surface area contributed by atoms with Crippen molar-refractivity contribution in [3.63, 3.8) is 0 Å². The number of hydrogen-bond acceptors (Lipinski definition) is 1. The predicted molar refractivity (Wildman–Crippen MR) is 112 cm³/mol. The normalized spacial score (nSPS) is 18.4. The molecule has 2 nitrogen and oxygen atoms in total. The molecule has 0 spiro atoms. The molecule has 2 fully saturated rings. The van der Waals surface area contributed by atoms with E-state index < -0.39 is 0 Å². The number of hydrogen-bond donors (Lipinski definition) is 1. The first-order valence-electron chi connectivity index (χ1n) is 10.7. The predicted octanol–water partition coefficient (Wildman–Crippen LogP) is 6.11. The van der Waals surface area contributed by atoms with E-state index >= 15 is 0 Å². The molecule has 2 aromatic rings. The summed E-state index contributed by atoms with van der Waals surface area (Å²) in [6.07, 6.45) is 9.71. The number of amides is 1. The monoisotopic (exact) mass is 361 g/mol. The highest BCUT2D eigenvalue weighted by Gasteiger charge is 2.32. The van der Waals surface area contributed by atoms with Gasteiger partial charge in [0.15, 0.2) is 0 Å². The van der Waals surface area contributed by atoms with Gasteiger partial charge in [-0.05, 0) is 79.2 Å². The van der Waals surface area contributed by atoms with Crippen LogP contribution in [0, 0.1) is 11.8 Å². The molecule has 142 valence electrons. The fraction of sp³-hybridized carbons (Fsp3) is 0.480. The fourth-order valence-corrected chi connectivity index (χ4v) is 4.54. The van der Waals surface area contributed by atoms with Crippen LogP contribution in [0.25, 0.3) is 0 Å². The average molecular weight is 362 g/mol. The Morgan fingerprint density at radius 2 is 1.74 bits per heavy atom. The van der Waals surface area contributed by atoms with E-state index in [2.05, 4.69) is 54.7 Å². The smallest absolute Gasteiger partial charge is 0.232 e. The van der Waals surface area contributed by atoms with Gasteiger partial charge in [0.25, 0.3) is 0 Å². The van der Waals surface area contributed by atoms with Gasteiger partial charge in [0, 0.05) is 5.69 Å². The maximum Gasteiger partial charge on any atom is 0.232 e. The molecule has 1 N–H and O–H groups in total. The van der Waals surface area contributed by atoms with Crippen molar-refractivity contribution in [2.45, 2.75) is 64.2 Å². The quantitative estimate of drug-likeness (QED) is 0.633. The number of benzene rings is 2. The lowest BCUT2D eigenvalue weighted by atomic mass is 9.83. The largest absolute Gasteiger partial charge is 0.326 e. The lowest BCUT2D eigenvalue weighted by molar-refractivity contribution is -0.118. The molecule has 0 saturated heterocycles. The third-order valence-electron chi connectivity index (χ3n) is 6.32. The van der Waals surface area contributed by atoms with Crippen LogP contribution in [-0.4, -0.2) is 5.91 Å². The Morgan fingerprint density at radius 3 is 2.41 bits per heavy atom. The average Bonchev–Trinajstić information content (AvgIpc) is 3.33. The van der Waals surface area contributed by atoms with Gasteiger partial charge in [-0.3, -0.25) is 4.79 Å². The van der Waals surface area contributed by atoms with E-state index in [0.29, 0.717) is 5.92 Å². The Hall–Kier alpha value is -2.09. The molecule has 0 unspecified atom stereocenters. The molecule has 2 aliphatic rings. The van der Waals surface area contributed by atoms with E-state index in [-0.39, 0.29) is 11.8 Å². The molecule has 27 heavy (non-hydrogen) atoms. The highest BCUT2D eigenvalue weighted by atomic mass is 16.1. The number of rotatable bonds is 7. The van der Waals surface area contributed by atoms with E-state index in [9.17, 15) is 4.79 Å². The molecule has 1 atom stereocenters. The van der Waals surface area contributed by atoms with E-state index in [1.54, 1.807) is 0 Å². The minimum Gasteiger partial charge on any atom is -0.326 e. The highest BCUT2D eigenvalue weighted by molar-refractivity contribution is 5.96. The molecule has 0 heterocycles. The summed E-state index contributed by atoms with van der Waals surface area (Å²) in [5, 5.41) is 3.24. The van der Waals surface area contributed by atoms with Gasteiger partial charge in [-0.15, -0.1) is 0 Å². The van der Waals surface area contributed by atoms with E-state index in [1.807, 2.05) is 6.07 Å². The Morgan fingerprint density at radius 1 is 1.00 bits per heavy atom. The van der Waals surface area contributed by atoms with Crippen LogP contribution < -0.4 is 5.32 Å². The number of carbonyl (C=O) groups excluding carboxylic acids is 1. The number of carbonyl (C=O) groups is 1. The van der Waals surface area contributed by atoms with Crippen LogP contribution in [0.2, 0.25) is 0 Å². The molecule has 2 aliphatic carbocycles. The van der Waals surface area contributed by atoms with Crippen molar-refractivity contribution in [3.8, 4) is 0 Å². The molecule has 1 amide bonds. The molecular weight excluding hydrogens is 330 g/mol. The Bertz CT molecular complexity index is 769. The van der Waals surface area contributed by atoms with E-state index in [0.717, 1.165) is 37.3 Å². The van der Waals surface area contributed by atoms with E-state index in [1.165, 1.54) is 42.4 Å². The minimum absolute atomic E-state index is 0.0366. The minimum atomic E-state index is -0.0366. The summed E-state index contributed by atoms with van der Waals surface area (Å²) < 4.78 is 0. The Balaban J connectivity index is 1.52. The van der Waals surface area contributed by atoms with Crippen molar-refractivity contribution in [2.75, 3.05) is 5.32 Å². The lowest BCUT2D eigenvalue weighted by Gasteiger charge is -2.23. The summed E-state index contributed by atoms with van der Waals surface area (Å²) in [7, 11) is 0. The molecule has 0 bridgehead atoms. The summed E-state index contributed by atoms with van der Waals surface area (Å²) in [5.41, 5.74) is 4.80. The maximum absolute atomic E-state index is 13.3. The SMILES string of the molecule is CCc1ccc([C@@H](C(=O)Nc2cccc(CC3CC3)c2)C2CCCC2)cc1. The van der Waals surface area contributed by atoms with Gasteiger partial charge in [0.1, 0.15) is 0 Å². The van der Waals surface area contributed by atoms with Crippen LogP contribution in [0.1, 0.15) is 68.1 Å². The first kappa shape index (κ1) is 18.3. The van der Waals surface area contributed by atoms with Crippen LogP contribution in [-0.2, 0) is 17.6 Å². The summed E-state index contributed by atoms with van der Waals surface area (Å²) in [5.74, 6) is 1.45. The number of anilines is 1. The highest BCUT2D eigenvalue weighted by Crippen LogP contribution is 2.38. The zero-order valence-electron chi connectivity index (χ0n) is 16.4. The van der Waals surface area contributed by atoms with E-state index in [4.69, 9.17) is 0 Å². The van der Waals surface area contributed by atoms with Crippen LogP contribution in [0.3, 0.4) is 0 Å². The zero-order valence-corrected chi connectivity index (χ0v) is 16.4. The molecule has 0 aliphatic heterocycles. The molecule has 0 radical (unpaired) electrons. The van der Waals surface area contributed by atoms with Crippen molar-refractivity contribution < 1.29 is 4.79 Å². The Kier molecular flexibility index (Phi) is 5.61. The third-order valence-corrected chi connectivity index (χ3v) is 6.32. The number of aryl methyl sites for hydroxylation is 1. The maximum atomic E-state index is 13.3. The summed E-state index contributed by atoms with van der Waals surface area (Å²) in [4.78, 5) is 13.3. The summed E-state index contributed by atoms with van der Waals surface area (Å²) in [6, 6.07) is 17.2. The zero-order chi connectivity index (χ0) is 18.6. The fourth-order valence-electron chi connectivity index (χ4n) is 4.54. The standard InChI is InChI=1S/C25H31NO/c1-2-18-12-14-22(15-13-18)24(21-7-3-4-8-21)25(27)26-23-9-5-6-20(17-23)16-19-10-11-19/h5-6,9,12-15,17,19,21,24H,2-4,7-8,10-11,16H2,1H3,(H,26,27)/t24-/m0/s1. The second-order valence-electron chi connectivity index (χ2n) is 8.45. The molecule has 2 heteroatoms. The second kappa shape index (κ2) is 8.29. The molecule has 0 aromatic heterocycles. The van der Waals surface area contributed by atoms with Gasteiger partial charge in [-0.1, -0.05) is 56.2 Å². The molecule has 4 rings (SSSR count). The topological polar surface area (TPSA) is 29.1 Å². The summed E-state index contributed by atoms with van der Waals surface area (Å²) >= 11 is 0. The second-order valence-corrected chi connectivity index (χ2v) is 8.45. The van der Waals surface area contributed by atoms with Gasteiger partial charge < -0.3 is 5.32 Å². The van der Waals surface area contributed by atoms with Crippen LogP contribution >= 0.6 is 0 Å². The van der Waals surface area contributed by atoms with Gasteiger partial charge in [-0.25, -0.2) is 0 Å². The van der Waals surface area contributed by atoms with Gasteiger partial charge in [-0.2, -0.15) is 0 Å². The molecule has 2 aromatic carbocycles. The first-order chi connectivity index (χ1) is 13.2. The number of nitrogens with one attached hydrogen (secondary N) is 1. The van der Waals surface area contributed by atoms with Crippen LogP contribution in [0.15, 0.2) is 48.5 Å². The van der Waals surface area contributed by atoms with Crippen molar-refractivity contribution in [2.24, 2.45) is 11.8 Å². The summed E-state index contributed by atoms with van der Waals surface area (Å²) in [6.45, 7) is 2.17. The van der Waals surface area contributed by atoms with Crippen LogP contribution in [0.5, 0.6) is 0 Å². The lowest BCUT2D eigenvalue weighted by Crippen LogP contribution is -2.26. The van der Waals surface area contributed by atoms with Crippen molar-refractivity contribution in [1.29, 1.82) is 0 Å². The molecular formula is C25H31NO. The van der Waals surface area contributed by atoms with Crippen molar-refractivity contribution in [3.05, 3.63) is 65.2 Å².